The molecule has 2 heterocycles. The van der Waals surface area contributed by atoms with E-state index in [0.717, 1.165) is 11.3 Å². The molecule has 3 rings (SSSR count). The smallest absolute Gasteiger partial charge is 0.256 e. The van der Waals surface area contributed by atoms with Gasteiger partial charge in [-0.05, 0) is 41.3 Å². The predicted octanol–water partition coefficient (Wildman–Crippen LogP) is 4.07. The first-order valence-electron chi connectivity index (χ1n) is 6.66. The summed E-state index contributed by atoms with van der Waals surface area (Å²) in [6.07, 6.45) is 3.39. The average molecular weight is 267 g/mol. The Morgan fingerprint density at radius 3 is 2.65 bits per heavy atom. The molecule has 1 amide bonds. The lowest BCUT2D eigenvalue weighted by Gasteiger charge is -2.19. The minimum Gasteiger partial charge on any atom is -0.465 e. The fourth-order valence-corrected chi connectivity index (χ4v) is 2.31. The molecule has 0 bridgehead atoms. The van der Waals surface area contributed by atoms with E-state index >= 15 is 0 Å². The normalized spacial score (nSPS) is 16.4. The summed E-state index contributed by atoms with van der Waals surface area (Å²) >= 11 is 0. The molecule has 0 saturated carbocycles. The van der Waals surface area contributed by atoms with Gasteiger partial charge in [-0.3, -0.25) is 4.79 Å². The summed E-state index contributed by atoms with van der Waals surface area (Å²) in [7, 11) is 0. The average Bonchev–Trinajstić information content (AvgIpc) is 2.97. The van der Waals surface area contributed by atoms with E-state index < -0.39 is 0 Å². The number of hydrogen-bond donors (Lipinski definition) is 1. The molecule has 0 saturated heterocycles. The van der Waals surface area contributed by atoms with Gasteiger partial charge in [-0.25, -0.2) is 0 Å². The van der Waals surface area contributed by atoms with E-state index in [1.165, 1.54) is 5.56 Å². The van der Waals surface area contributed by atoms with Crippen molar-refractivity contribution in [2.75, 3.05) is 5.32 Å². The van der Waals surface area contributed by atoms with Crippen LogP contribution >= 0.6 is 0 Å². The van der Waals surface area contributed by atoms with Gasteiger partial charge >= 0.3 is 0 Å². The van der Waals surface area contributed by atoms with Gasteiger partial charge in [0, 0.05) is 11.3 Å². The number of anilines is 1. The van der Waals surface area contributed by atoms with Crippen molar-refractivity contribution in [3.8, 4) is 0 Å². The number of hydrogen-bond acceptors (Lipinski definition) is 2. The first-order valence-corrected chi connectivity index (χ1v) is 6.66. The summed E-state index contributed by atoms with van der Waals surface area (Å²) in [6, 6.07) is 9.77. The first kappa shape index (κ1) is 12.7. The van der Waals surface area contributed by atoms with Crippen molar-refractivity contribution in [3.05, 3.63) is 53.5 Å². The van der Waals surface area contributed by atoms with Crippen molar-refractivity contribution in [1.82, 2.24) is 0 Å². The highest BCUT2D eigenvalue weighted by Gasteiger charge is 2.26. The lowest BCUT2D eigenvalue weighted by atomic mass is 9.85. The van der Waals surface area contributed by atoms with Gasteiger partial charge in [-0.2, -0.15) is 0 Å². The summed E-state index contributed by atoms with van der Waals surface area (Å²) in [5.41, 5.74) is 3.72. The second-order valence-corrected chi connectivity index (χ2v) is 6.04. The van der Waals surface area contributed by atoms with E-state index in [9.17, 15) is 4.79 Å². The molecule has 0 fully saturated rings. The molecular weight excluding hydrogens is 250 g/mol. The van der Waals surface area contributed by atoms with E-state index in [0.29, 0.717) is 11.3 Å². The van der Waals surface area contributed by atoms with E-state index in [2.05, 4.69) is 38.2 Å². The molecule has 20 heavy (non-hydrogen) atoms. The third-order valence-electron chi connectivity index (χ3n) is 3.50. The van der Waals surface area contributed by atoms with Gasteiger partial charge in [0.05, 0.1) is 11.8 Å². The Hall–Kier alpha value is -2.29. The van der Waals surface area contributed by atoms with Gasteiger partial charge in [0.1, 0.15) is 5.76 Å². The maximum absolute atomic E-state index is 12.1. The molecule has 1 aliphatic rings. The molecule has 3 heteroatoms. The van der Waals surface area contributed by atoms with Gasteiger partial charge < -0.3 is 9.73 Å². The van der Waals surface area contributed by atoms with Crippen LogP contribution in [0.2, 0.25) is 0 Å². The number of nitrogens with one attached hydrogen (secondary N) is 1. The predicted molar refractivity (Wildman–Crippen MR) is 80.4 cm³/mol. The maximum Gasteiger partial charge on any atom is 0.256 e. The van der Waals surface area contributed by atoms with Crippen LogP contribution in [0.4, 0.5) is 5.69 Å². The third kappa shape index (κ3) is 2.16. The van der Waals surface area contributed by atoms with Crippen molar-refractivity contribution >= 4 is 23.2 Å². The third-order valence-corrected chi connectivity index (χ3v) is 3.50. The van der Waals surface area contributed by atoms with Crippen LogP contribution in [0.1, 0.15) is 37.7 Å². The summed E-state index contributed by atoms with van der Waals surface area (Å²) in [6.45, 7) is 6.48. The van der Waals surface area contributed by atoms with Crippen LogP contribution in [0.5, 0.6) is 0 Å². The summed E-state index contributed by atoms with van der Waals surface area (Å²) < 4.78 is 5.30. The Labute approximate surface area is 118 Å². The van der Waals surface area contributed by atoms with E-state index in [1.54, 1.807) is 12.3 Å². The van der Waals surface area contributed by atoms with Crippen LogP contribution in [-0.4, -0.2) is 5.91 Å². The Kier molecular flexibility index (Phi) is 2.78. The Morgan fingerprint density at radius 2 is 2.00 bits per heavy atom. The van der Waals surface area contributed by atoms with Gasteiger partial charge in [-0.15, -0.1) is 0 Å². The monoisotopic (exact) mass is 267 g/mol. The SMILES string of the molecule is CC(C)(C)c1ccc2c(c1)/C(=C\c1ccco1)C(=O)N2. The van der Waals surface area contributed by atoms with Gasteiger partial charge in [0.15, 0.2) is 0 Å². The highest BCUT2D eigenvalue weighted by molar-refractivity contribution is 6.34. The number of carbonyl (C=O) groups is 1. The molecule has 0 aliphatic carbocycles. The zero-order valence-corrected chi connectivity index (χ0v) is 11.9. The zero-order chi connectivity index (χ0) is 14.3. The van der Waals surface area contributed by atoms with Crippen LogP contribution in [0.25, 0.3) is 11.6 Å². The number of amides is 1. The quantitative estimate of drug-likeness (QED) is 0.791. The lowest BCUT2D eigenvalue weighted by molar-refractivity contribution is -0.110. The van der Waals surface area contributed by atoms with E-state index in [4.69, 9.17) is 4.42 Å². The molecule has 0 spiro atoms. The molecule has 1 aromatic heterocycles. The van der Waals surface area contributed by atoms with Crippen LogP contribution in [0, 0.1) is 0 Å². The van der Waals surface area contributed by atoms with Gasteiger partial charge in [-0.1, -0.05) is 26.8 Å². The van der Waals surface area contributed by atoms with Crippen molar-refractivity contribution in [2.45, 2.75) is 26.2 Å². The number of rotatable bonds is 1. The summed E-state index contributed by atoms with van der Waals surface area (Å²) in [5, 5.41) is 2.89. The molecule has 0 atom stereocenters. The molecule has 0 unspecified atom stereocenters. The van der Waals surface area contributed by atoms with Gasteiger partial charge in [0.2, 0.25) is 0 Å². The molecule has 2 aromatic rings. The molecular formula is C17H17NO2. The van der Waals surface area contributed by atoms with Crippen LogP contribution in [-0.2, 0) is 10.2 Å². The Bertz CT molecular complexity index is 688. The highest BCUT2D eigenvalue weighted by Crippen LogP contribution is 2.36. The van der Waals surface area contributed by atoms with E-state index in [-0.39, 0.29) is 11.3 Å². The molecule has 1 N–H and O–H groups in total. The summed E-state index contributed by atoms with van der Waals surface area (Å²) in [4.78, 5) is 12.1. The lowest BCUT2D eigenvalue weighted by Crippen LogP contribution is -2.10. The number of benzene rings is 1. The van der Waals surface area contributed by atoms with Crippen molar-refractivity contribution in [2.24, 2.45) is 0 Å². The van der Waals surface area contributed by atoms with Crippen LogP contribution in [0.3, 0.4) is 0 Å². The van der Waals surface area contributed by atoms with E-state index in [1.807, 2.05) is 18.2 Å². The topological polar surface area (TPSA) is 42.2 Å². The Morgan fingerprint density at radius 1 is 1.20 bits per heavy atom. The fraction of sp³-hybridized carbons (Fsp3) is 0.235. The maximum atomic E-state index is 12.1. The fourth-order valence-electron chi connectivity index (χ4n) is 2.31. The number of furan rings is 1. The largest absolute Gasteiger partial charge is 0.465 e. The molecule has 1 aliphatic heterocycles. The van der Waals surface area contributed by atoms with Crippen molar-refractivity contribution < 1.29 is 9.21 Å². The first-order chi connectivity index (χ1) is 9.45. The van der Waals surface area contributed by atoms with Crippen molar-refractivity contribution in [3.63, 3.8) is 0 Å². The number of carbonyl (C=O) groups excluding carboxylic acids is 1. The standard InChI is InChI=1S/C17H17NO2/c1-17(2,3)11-6-7-15-13(9-11)14(16(19)18-15)10-12-5-4-8-20-12/h4-10H,1-3H3,(H,18,19)/b14-10+. The molecule has 0 radical (unpaired) electrons. The second-order valence-electron chi connectivity index (χ2n) is 6.04. The minimum absolute atomic E-state index is 0.0520. The molecule has 1 aromatic carbocycles. The van der Waals surface area contributed by atoms with Crippen molar-refractivity contribution in [1.29, 1.82) is 0 Å². The van der Waals surface area contributed by atoms with Gasteiger partial charge in [0.25, 0.3) is 5.91 Å². The Balaban J connectivity index is 2.11. The van der Waals surface area contributed by atoms with Crippen LogP contribution in [0.15, 0.2) is 41.0 Å². The number of fused-ring (bicyclic) bond motifs is 1. The molecule has 102 valence electrons. The molecule has 3 nitrogen and oxygen atoms in total. The second kappa shape index (κ2) is 4.37. The minimum atomic E-state index is -0.0811. The van der Waals surface area contributed by atoms with Crippen LogP contribution < -0.4 is 5.32 Å². The highest BCUT2D eigenvalue weighted by atomic mass is 16.3. The zero-order valence-electron chi connectivity index (χ0n) is 11.9. The summed E-state index contributed by atoms with van der Waals surface area (Å²) in [5.74, 6) is 0.603.